The van der Waals surface area contributed by atoms with E-state index in [0.717, 1.165) is 28.5 Å². The molecule has 2 aromatic carbocycles. The molecule has 0 atom stereocenters. The number of rotatable bonds is 5. The van der Waals surface area contributed by atoms with Gasteiger partial charge in [-0.05, 0) is 36.2 Å². The van der Waals surface area contributed by atoms with Crippen LogP contribution < -0.4 is 5.32 Å². The molecule has 0 radical (unpaired) electrons. The van der Waals surface area contributed by atoms with Crippen LogP contribution in [0.2, 0.25) is 0 Å². The highest BCUT2D eigenvalue weighted by molar-refractivity contribution is 5.90. The van der Waals surface area contributed by atoms with E-state index in [1.54, 1.807) is 0 Å². The fourth-order valence-corrected chi connectivity index (χ4v) is 2.67. The van der Waals surface area contributed by atoms with Gasteiger partial charge in [0.05, 0.1) is 0 Å². The van der Waals surface area contributed by atoms with Crippen molar-refractivity contribution >= 4 is 16.8 Å². The normalized spacial score (nSPS) is 10.9. The van der Waals surface area contributed by atoms with Gasteiger partial charge in [-0.1, -0.05) is 35.5 Å². The first-order valence-electron chi connectivity index (χ1n) is 8.03. The Morgan fingerprint density at radius 3 is 2.88 bits per heavy atom. The number of fused-ring (bicyclic) bond motifs is 1. The van der Waals surface area contributed by atoms with Crippen molar-refractivity contribution in [2.24, 2.45) is 0 Å². The van der Waals surface area contributed by atoms with Crippen molar-refractivity contribution in [1.82, 2.24) is 20.4 Å². The Morgan fingerprint density at radius 2 is 2.00 bits per heavy atom. The van der Waals surface area contributed by atoms with E-state index < -0.39 is 0 Å². The summed E-state index contributed by atoms with van der Waals surface area (Å²) in [6, 6.07) is 17.7. The van der Waals surface area contributed by atoms with Crippen LogP contribution in [0.25, 0.3) is 22.3 Å². The van der Waals surface area contributed by atoms with E-state index in [4.69, 9.17) is 4.52 Å². The molecule has 25 heavy (non-hydrogen) atoms. The zero-order valence-corrected chi connectivity index (χ0v) is 13.4. The monoisotopic (exact) mass is 332 g/mol. The Labute approximate surface area is 143 Å². The molecule has 4 rings (SSSR count). The number of nitrogens with one attached hydrogen (secondary N) is 2. The lowest BCUT2D eigenvalue weighted by molar-refractivity contribution is 0.0910. The lowest BCUT2D eigenvalue weighted by atomic mass is 10.1. The topological polar surface area (TPSA) is 83.8 Å². The molecule has 0 unspecified atom stereocenters. The minimum atomic E-state index is -0.364. The molecule has 0 spiro atoms. The van der Waals surface area contributed by atoms with Crippen molar-refractivity contribution in [3.63, 3.8) is 0 Å². The molecule has 2 heterocycles. The largest absolute Gasteiger partial charge is 0.361 e. The zero-order chi connectivity index (χ0) is 17.1. The number of hydrogen-bond acceptors (Lipinski definition) is 4. The number of amides is 1. The summed E-state index contributed by atoms with van der Waals surface area (Å²) in [4.78, 5) is 19.5. The van der Waals surface area contributed by atoms with E-state index in [1.807, 2.05) is 60.8 Å². The van der Waals surface area contributed by atoms with E-state index >= 15 is 0 Å². The van der Waals surface area contributed by atoms with E-state index in [1.165, 1.54) is 0 Å². The van der Waals surface area contributed by atoms with Gasteiger partial charge in [0, 0.05) is 29.2 Å². The third kappa shape index (κ3) is 3.28. The Bertz CT molecular complexity index is 1000. The van der Waals surface area contributed by atoms with Crippen LogP contribution in [0.3, 0.4) is 0 Å². The Hall–Kier alpha value is -3.41. The molecular formula is C19H16N4O2. The van der Waals surface area contributed by atoms with Crippen molar-refractivity contribution in [1.29, 1.82) is 0 Å². The van der Waals surface area contributed by atoms with Crippen LogP contribution in [-0.2, 0) is 6.42 Å². The number of aromatic nitrogens is 3. The van der Waals surface area contributed by atoms with Gasteiger partial charge >= 0.3 is 11.8 Å². The van der Waals surface area contributed by atoms with Gasteiger partial charge in [0.15, 0.2) is 0 Å². The van der Waals surface area contributed by atoms with Gasteiger partial charge in [0.1, 0.15) is 0 Å². The Kier molecular flexibility index (Phi) is 4.00. The van der Waals surface area contributed by atoms with E-state index in [9.17, 15) is 4.79 Å². The average Bonchev–Trinajstić information content (AvgIpc) is 3.31. The molecule has 2 aromatic heterocycles. The van der Waals surface area contributed by atoms with E-state index in [-0.39, 0.29) is 11.8 Å². The third-order valence-electron chi connectivity index (χ3n) is 3.97. The molecule has 124 valence electrons. The summed E-state index contributed by atoms with van der Waals surface area (Å²) >= 11 is 0. The van der Waals surface area contributed by atoms with Crippen molar-refractivity contribution in [2.75, 3.05) is 6.54 Å². The van der Waals surface area contributed by atoms with Crippen molar-refractivity contribution < 1.29 is 9.32 Å². The minimum Gasteiger partial charge on any atom is -0.361 e. The third-order valence-corrected chi connectivity index (χ3v) is 3.97. The van der Waals surface area contributed by atoms with Crippen LogP contribution in [0.4, 0.5) is 0 Å². The first kappa shape index (κ1) is 15.1. The highest BCUT2D eigenvalue weighted by Gasteiger charge is 2.16. The van der Waals surface area contributed by atoms with Crippen LogP contribution >= 0.6 is 0 Å². The molecule has 6 nitrogen and oxygen atoms in total. The summed E-state index contributed by atoms with van der Waals surface area (Å²) in [5.74, 6) is 0.00550. The SMILES string of the molecule is O=C(NCCc1ccccc1)c1nc(-c2ccc3[nH]ccc3c2)no1. The Balaban J connectivity index is 1.42. The molecular weight excluding hydrogens is 316 g/mol. The highest BCUT2D eigenvalue weighted by Crippen LogP contribution is 2.21. The quantitative estimate of drug-likeness (QED) is 0.588. The van der Waals surface area contributed by atoms with Gasteiger partial charge in [-0.25, -0.2) is 0 Å². The lowest BCUT2D eigenvalue weighted by Crippen LogP contribution is -2.25. The summed E-state index contributed by atoms with van der Waals surface area (Å²) < 4.78 is 5.10. The summed E-state index contributed by atoms with van der Waals surface area (Å²) in [6.07, 6.45) is 2.62. The molecule has 0 aliphatic rings. The van der Waals surface area contributed by atoms with Crippen LogP contribution in [0, 0.1) is 0 Å². The van der Waals surface area contributed by atoms with Gasteiger partial charge in [-0.2, -0.15) is 4.98 Å². The van der Waals surface area contributed by atoms with Gasteiger partial charge in [-0.3, -0.25) is 4.79 Å². The fraction of sp³-hybridized carbons (Fsp3) is 0.105. The second kappa shape index (κ2) is 6.60. The number of nitrogens with zero attached hydrogens (tertiary/aromatic N) is 2. The minimum absolute atomic E-state index is 0.0303. The number of carbonyl (C=O) groups is 1. The number of aromatic amines is 1. The average molecular weight is 332 g/mol. The first-order valence-corrected chi connectivity index (χ1v) is 8.03. The predicted molar refractivity (Wildman–Crippen MR) is 94.1 cm³/mol. The van der Waals surface area contributed by atoms with Crippen LogP contribution in [0.15, 0.2) is 65.3 Å². The second-order valence-corrected chi connectivity index (χ2v) is 5.69. The maximum absolute atomic E-state index is 12.1. The summed E-state index contributed by atoms with van der Waals surface area (Å²) in [6.45, 7) is 0.510. The molecule has 0 aliphatic carbocycles. The molecule has 0 saturated carbocycles. The van der Waals surface area contributed by atoms with E-state index in [2.05, 4.69) is 20.4 Å². The van der Waals surface area contributed by atoms with E-state index in [0.29, 0.717) is 12.4 Å². The fourth-order valence-electron chi connectivity index (χ4n) is 2.67. The summed E-state index contributed by atoms with van der Waals surface area (Å²) in [5.41, 5.74) is 3.00. The zero-order valence-electron chi connectivity index (χ0n) is 13.4. The highest BCUT2D eigenvalue weighted by atomic mass is 16.5. The number of benzene rings is 2. The van der Waals surface area contributed by atoms with Gasteiger partial charge in [-0.15, -0.1) is 0 Å². The maximum Gasteiger partial charge on any atom is 0.316 e. The Morgan fingerprint density at radius 1 is 1.12 bits per heavy atom. The molecule has 1 amide bonds. The number of carbonyl (C=O) groups excluding carboxylic acids is 1. The second-order valence-electron chi connectivity index (χ2n) is 5.69. The summed E-state index contributed by atoms with van der Waals surface area (Å²) in [5, 5.41) is 7.76. The van der Waals surface area contributed by atoms with Gasteiger partial charge < -0.3 is 14.8 Å². The van der Waals surface area contributed by atoms with Crippen molar-refractivity contribution in [3.05, 3.63) is 72.2 Å². The standard InChI is InChI=1S/C19H16N4O2/c24-18(21-10-8-13-4-2-1-3-5-13)19-22-17(23-25-19)15-6-7-16-14(12-15)9-11-20-16/h1-7,9,11-12,20H,8,10H2,(H,21,24). The van der Waals surface area contributed by atoms with Crippen LogP contribution in [0.5, 0.6) is 0 Å². The van der Waals surface area contributed by atoms with Crippen molar-refractivity contribution in [3.8, 4) is 11.4 Å². The van der Waals surface area contributed by atoms with Gasteiger partial charge in [0.2, 0.25) is 5.82 Å². The number of H-pyrrole nitrogens is 1. The van der Waals surface area contributed by atoms with Gasteiger partial charge in [0.25, 0.3) is 0 Å². The van der Waals surface area contributed by atoms with Crippen molar-refractivity contribution in [2.45, 2.75) is 6.42 Å². The molecule has 4 aromatic rings. The molecule has 0 aliphatic heterocycles. The molecule has 0 fully saturated rings. The van der Waals surface area contributed by atoms with Crippen LogP contribution in [-0.4, -0.2) is 27.6 Å². The molecule has 2 N–H and O–H groups in total. The predicted octanol–water partition coefficient (Wildman–Crippen LogP) is 3.19. The molecule has 0 saturated heterocycles. The summed E-state index contributed by atoms with van der Waals surface area (Å²) in [7, 11) is 0. The lowest BCUT2D eigenvalue weighted by Gasteiger charge is -2.02. The smallest absolute Gasteiger partial charge is 0.316 e. The maximum atomic E-state index is 12.1. The van der Waals surface area contributed by atoms with Crippen LogP contribution in [0.1, 0.15) is 16.2 Å². The number of hydrogen-bond donors (Lipinski definition) is 2. The molecule has 6 heteroatoms. The molecule has 0 bridgehead atoms. The first-order chi connectivity index (χ1) is 12.3.